The normalized spacial score (nSPS) is 13.3. The Kier molecular flexibility index (Phi) is 5.26. The average molecular weight is 303 g/mol. The van der Waals surface area contributed by atoms with E-state index in [2.05, 4.69) is 29.6 Å². The second-order valence-corrected chi connectivity index (χ2v) is 4.83. The first kappa shape index (κ1) is 15.7. The van der Waals surface area contributed by atoms with Crippen molar-refractivity contribution in [3.8, 4) is 0 Å². The minimum absolute atomic E-state index is 0.418. The Bertz CT molecular complexity index is 710. The third kappa shape index (κ3) is 4.42. The van der Waals surface area contributed by atoms with Gasteiger partial charge in [-0.15, -0.1) is 0 Å². The molecule has 0 atom stereocenters. The van der Waals surface area contributed by atoms with Crippen LogP contribution >= 0.6 is 0 Å². The van der Waals surface area contributed by atoms with E-state index >= 15 is 0 Å². The summed E-state index contributed by atoms with van der Waals surface area (Å²) in [6.07, 6.45) is 2.38. The Balaban J connectivity index is 0.000000160. The van der Waals surface area contributed by atoms with Gasteiger partial charge in [-0.3, -0.25) is 9.78 Å². The quantitative estimate of drug-likeness (QED) is 0.598. The number of hydrogen-bond acceptors (Lipinski definition) is 4. The van der Waals surface area contributed by atoms with Crippen LogP contribution in [0.2, 0.25) is 0 Å². The van der Waals surface area contributed by atoms with E-state index in [0.29, 0.717) is 0 Å². The summed E-state index contributed by atoms with van der Waals surface area (Å²) >= 11 is 0. The standard InChI is InChI=1S/C10H13N.C5H4N2O4/c1-2-4-10-6-8-11-7-5-9(10)3-1;8-3-1-2(4(9)10)6-5(11)7-3/h1-4,11H,5-8H2;1H,(H,9,10)(H2,6,7,8,11). The Hall–Kier alpha value is -2.67. The van der Waals surface area contributed by atoms with Gasteiger partial charge in [0.25, 0.3) is 5.56 Å². The van der Waals surface area contributed by atoms with Crippen LogP contribution < -0.4 is 16.6 Å². The Morgan fingerprint density at radius 2 is 1.59 bits per heavy atom. The molecule has 0 bridgehead atoms. The number of fused-ring (bicyclic) bond motifs is 1. The maximum atomic E-state index is 10.5. The van der Waals surface area contributed by atoms with Crippen LogP contribution in [0.3, 0.4) is 0 Å². The highest BCUT2D eigenvalue weighted by atomic mass is 16.4. The van der Waals surface area contributed by atoms with Crippen molar-refractivity contribution in [2.45, 2.75) is 12.8 Å². The first-order chi connectivity index (χ1) is 10.6. The molecule has 0 fully saturated rings. The third-order valence-corrected chi connectivity index (χ3v) is 3.25. The summed E-state index contributed by atoms with van der Waals surface area (Å²) in [5.74, 6) is -1.34. The first-order valence-corrected chi connectivity index (χ1v) is 6.90. The molecule has 0 radical (unpaired) electrons. The lowest BCUT2D eigenvalue weighted by atomic mass is 10.0. The fourth-order valence-electron chi connectivity index (χ4n) is 2.20. The number of carboxylic acid groups (broad SMARTS) is 1. The molecule has 4 N–H and O–H groups in total. The topological polar surface area (TPSA) is 115 Å². The molecule has 1 aliphatic rings. The van der Waals surface area contributed by atoms with Crippen molar-refractivity contribution >= 4 is 5.97 Å². The number of carboxylic acids is 1. The summed E-state index contributed by atoms with van der Waals surface area (Å²) in [5.41, 5.74) is 1.08. The number of rotatable bonds is 1. The number of hydrogen-bond donors (Lipinski definition) is 4. The minimum Gasteiger partial charge on any atom is -0.477 e. The van der Waals surface area contributed by atoms with Gasteiger partial charge in [-0.05, 0) is 37.1 Å². The van der Waals surface area contributed by atoms with E-state index in [9.17, 15) is 14.4 Å². The predicted molar refractivity (Wildman–Crippen MR) is 81.4 cm³/mol. The lowest BCUT2D eigenvalue weighted by molar-refractivity contribution is 0.0689. The number of carbonyl (C=O) groups is 1. The van der Waals surface area contributed by atoms with E-state index in [-0.39, 0.29) is 0 Å². The van der Waals surface area contributed by atoms with Gasteiger partial charge in [0, 0.05) is 6.07 Å². The lowest BCUT2D eigenvalue weighted by Gasteiger charge is -2.01. The van der Waals surface area contributed by atoms with Crippen molar-refractivity contribution < 1.29 is 9.90 Å². The van der Waals surface area contributed by atoms with Gasteiger partial charge in [-0.2, -0.15) is 0 Å². The van der Waals surface area contributed by atoms with Crippen LogP contribution in [0.4, 0.5) is 0 Å². The van der Waals surface area contributed by atoms with Crippen LogP contribution in [0.5, 0.6) is 0 Å². The van der Waals surface area contributed by atoms with Crippen LogP contribution in [-0.4, -0.2) is 34.1 Å². The highest BCUT2D eigenvalue weighted by Gasteiger charge is 2.04. The van der Waals surface area contributed by atoms with Gasteiger partial charge in [0.2, 0.25) is 0 Å². The van der Waals surface area contributed by atoms with E-state index in [1.54, 1.807) is 0 Å². The molecule has 1 aromatic heterocycles. The largest absolute Gasteiger partial charge is 0.477 e. The number of aromatic nitrogens is 2. The van der Waals surface area contributed by atoms with Crippen molar-refractivity contribution in [3.05, 3.63) is 68.0 Å². The summed E-state index contributed by atoms with van der Waals surface area (Å²) in [4.78, 5) is 34.9. The maximum absolute atomic E-state index is 10.5. The number of aromatic carboxylic acids is 1. The molecule has 2 aromatic rings. The molecular weight excluding hydrogens is 286 g/mol. The number of H-pyrrole nitrogens is 2. The van der Waals surface area contributed by atoms with Crippen LogP contribution in [-0.2, 0) is 12.8 Å². The lowest BCUT2D eigenvalue weighted by Crippen LogP contribution is -2.24. The first-order valence-electron chi connectivity index (χ1n) is 6.90. The molecule has 0 spiro atoms. The van der Waals surface area contributed by atoms with Gasteiger partial charge in [-0.25, -0.2) is 9.59 Å². The maximum Gasteiger partial charge on any atom is 0.352 e. The Morgan fingerprint density at radius 3 is 2.09 bits per heavy atom. The monoisotopic (exact) mass is 303 g/mol. The summed E-state index contributed by atoms with van der Waals surface area (Å²) in [7, 11) is 0. The third-order valence-electron chi connectivity index (χ3n) is 3.25. The van der Waals surface area contributed by atoms with Crippen LogP contribution in [0.15, 0.2) is 39.9 Å². The molecule has 0 unspecified atom stereocenters. The molecular formula is C15H17N3O4. The van der Waals surface area contributed by atoms with Gasteiger partial charge < -0.3 is 15.4 Å². The molecule has 7 heteroatoms. The smallest absolute Gasteiger partial charge is 0.352 e. The van der Waals surface area contributed by atoms with E-state index < -0.39 is 22.9 Å². The molecule has 1 aliphatic heterocycles. The molecule has 1 aromatic carbocycles. The minimum atomic E-state index is -1.34. The molecule has 0 amide bonds. The van der Waals surface area contributed by atoms with E-state index in [4.69, 9.17) is 5.11 Å². The van der Waals surface area contributed by atoms with Gasteiger partial charge in [0.1, 0.15) is 5.69 Å². The van der Waals surface area contributed by atoms with Gasteiger partial charge in [0.05, 0.1) is 0 Å². The molecule has 22 heavy (non-hydrogen) atoms. The fraction of sp³-hybridized carbons (Fsp3) is 0.267. The summed E-state index contributed by atoms with van der Waals surface area (Å²) < 4.78 is 0. The number of aromatic amines is 2. The zero-order chi connectivity index (χ0) is 15.9. The van der Waals surface area contributed by atoms with E-state index in [0.717, 1.165) is 19.2 Å². The second-order valence-electron chi connectivity index (χ2n) is 4.83. The number of nitrogens with one attached hydrogen (secondary N) is 3. The molecule has 7 nitrogen and oxygen atoms in total. The van der Waals surface area contributed by atoms with Crippen LogP contribution in [0.1, 0.15) is 21.6 Å². The zero-order valence-electron chi connectivity index (χ0n) is 11.9. The van der Waals surface area contributed by atoms with Crippen LogP contribution in [0.25, 0.3) is 0 Å². The summed E-state index contributed by atoms with van der Waals surface area (Å²) in [6.45, 7) is 2.27. The van der Waals surface area contributed by atoms with Crippen molar-refractivity contribution in [1.82, 2.24) is 15.3 Å². The van der Waals surface area contributed by atoms with E-state index in [1.807, 2.05) is 9.97 Å². The van der Waals surface area contributed by atoms with Gasteiger partial charge in [-0.1, -0.05) is 24.3 Å². The zero-order valence-corrected chi connectivity index (χ0v) is 11.9. The molecule has 0 aliphatic carbocycles. The fourth-order valence-corrected chi connectivity index (χ4v) is 2.20. The van der Waals surface area contributed by atoms with Crippen molar-refractivity contribution in [2.75, 3.05) is 13.1 Å². The Morgan fingerprint density at radius 1 is 1.00 bits per heavy atom. The molecule has 0 saturated carbocycles. The van der Waals surface area contributed by atoms with Crippen molar-refractivity contribution in [3.63, 3.8) is 0 Å². The highest BCUT2D eigenvalue weighted by Crippen LogP contribution is 2.11. The highest BCUT2D eigenvalue weighted by molar-refractivity contribution is 5.84. The summed E-state index contributed by atoms with van der Waals surface area (Å²) in [5, 5.41) is 11.7. The molecule has 3 rings (SSSR count). The summed E-state index contributed by atoms with van der Waals surface area (Å²) in [6, 6.07) is 9.53. The average Bonchev–Trinajstić information content (AvgIpc) is 2.72. The molecule has 2 heterocycles. The SMILES string of the molecule is O=C(O)c1cc(=O)[nH]c(=O)[nH]1.c1ccc2c(c1)CCNCC2. The van der Waals surface area contributed by atoms with Crippen molar-refractivity contribution in [1.29, 1.82) is 0 Å². The number of benzene rings is 1. The molecule has 116 valence electrons. The Labute approximate surface area is 126 Å². The van der Waals surface area contributed by atoms with Crippen LogP contribution in [0, 0.1) is 0 Å². The second kappa shape index (κ2) is 7.37. The van der Waals surface area contributed by atoms with Gasteiger partial charge >= 0.3 is 11.7 Å². The predicted octanol–water partition coefficient (Wildman–Crippen LogP) is 0.136. The van der Waals surface area contributed by atoms with Crippen molar-refractivity contribution in [2.24, 2.45) is 0 Å². The van der Waals surface area contributed by atoms with Gasteiger partial charge in [0.15, 0.2) is 0 Å². The van der Waals surface area contributed by atoms with E-state index in [1.165, 1.54) is 24.0 Å². The molecule has 0 saturated heterocycles.